The molecule has 1 aromatic rings. The molecule has 2 rings (SSSR count). The van der Waals surface area contributed by atoms with Gasteiger partial charge in [0.25, 0.3) is 0 Å². The van der Waals surface area contributed by atoms with Crippen LogP contribution in [0.3, 0.4) is 0 Å². The number of benzene rings is 1. The van der Waals surface area contributed by atoms with Crippen LogP contribution in [0.1, 0.15) is 31.9 Å². The van der Waals surface area contributed by atoms with Crippen LogP contribution in [0.25, 0.3) is 10.4 Å². The van der Waals surface area contributed by atoms with Gasteiger partial charge in [0.1, 0.15) is 5.60 Å². The second-order valence-electron chi connectivity index (χ2n) is 7.06. The Morgan fingerprint density at radius 1 is 1.32 bits per heavy atom. The average molecular weight is 457 g/mol. The molecule has 0 bridgehead atoms. The third-order valence-corrected chi connectivity index (χ3v) is 5.16. The number of piperazine rings is 1. The van der Waals surface area contributed by atoms with Gasteiger partial charge in [-0.15, -0.1) is 0 Å². The van der Waals surface area contributed by atoms with Gasteiger partial charge in [0.2, 0.25) is 0 Å². The molecule has 0 aromatic heterocycles. The van der Waals surface area contributed by atoms with Gasteiger partial charge >= 0.3 is 6.09 Å². The third-order valence-electron chi connectivity index (χ3n) is 4.04. The Morgan fingerprint density at radius 2 is 1.96 bits per heavy atom. The van der Waals surface area contributed by atoms with E-state index in [2.05, 4.69) is 49.6 Å². The Hall–Kier alpha value is -1.67. The highest BCUT2D eigenvalue weighted by Crippen LogP contribution is 2.26. The first-order chi connectivity index (χ1) is 11.7. The monoisotopic (exact) mass is 457 g/mol. The molecular formula is C17H24IN5O2. The van der Waals surface area contributed by atoms with Crippen LogP contribution >= 0.6 is 22.6 Å². The zero-order valence-electron chi connectivity index (χ0n) is 15.1. The zero-order valence-corrected chi connectivity index (χ0v) is 17.3. The van der Waals surface area contributed by atoms with Crippen molar-refractivity contribution < 1.29 is 9.53 Å². The maximum absolute atomic E-state index is 12.2. The Morgan fingerprint density at radius 3 is 2.52 bits per heavy atom. The number of ether oxygens (including phenoxy) is 1. The summed E-state index contributed by atoms with van der Waals surface area (Å²) in [5, 5.41) is 3.69. The molecule has 0 radical (unpaired) electrons. The summed E-state index contributed by atoms with van der Waals surface area (Å²) in [6.07, 6.45) is -0.255. The normalized spacial score (nSPS) is 14.9. The van der Waals surface area contributed by atoms with Gasteiger partial charge in [0.05, 0.1) is 6.54 Å². The van der Waals surface area contributed by atoms with E-state index in [1.165, 1.54) is 0 Å². The molecule has 8 heteroatoms. The van der Waals surface area contributed by atoms with Crippen molar-refractivity contribution in [1.82, 2.24) is 4.90 Å². The van der Waals surface area contributed by atoms with Crippen molar-refractivity contribution in [2.75, 3.05) is 31.1 Å². The first-order valence-electron chi connectivity index (χ1n) is 8.24. The van der Waals surface area contributed by atoms with E-state index in [0.29, 0.717) is 19.6 Å². The summed E-state index contributed by atoms with van der Waals surface area (Å²) in [6, 6.07) is 4.22. The van der Waals surface area contributed by atoms with Crippen molar-refractivity contribution in [1.29, 1.82) is 0 Å². The molecule has 0 N–H and O–H groups in total. The van der Waals surface area contributed by atoms with Gasteiger partial charge < -0.3 is 14.5 Å². The fourth-order valence-electron chi connectivity index (χ4n) is 2.65. The van der Waals surface area contributed by atoms with Crippen LogP contribution in [0.4, 0.5) is 10.5 Å². The number of carbonyl (C=O) groups is 1. The van der Waals surface area contributed by atoms with Crippen LogP contribution in [0.5, 0.6) is 0 Å². The first-order valence-corrected chi connectivity index (χ1v) is 9.32. The van der Waals surface area contributed by atoms with E-state index in [0.717, 1.165) is 33.5 Å². The van der Waals surface area contributed by atoms with Gasteiger partial charge in [-0.2, -0.15) is 0 Å². The van der Waals surface area contributed by atoms with Crippen LogP contribution in [0.15, 0.2) is 17.2 Å². The highest BCUT2D eigenvalue weighted by molar-refractivity contribution is 14.1. The number of hydrogen-bond acceptors (Lipinski definition) is 4. The molecule has 1 aliphatic rings. The van der Waals surface area contributed by atoms with Gasteiger partial charge in [0.15, 0.2) is 0 Å². The van der Waals surface area contributed by atoms with E-state index in [1.807, 2.05) is 27.7 Å². The van der Waals surface area contributed by atoms with Crippen molar-refractivity contribution in [2.45, 2.75) is 39.8 Å². The highest BCUT2D eigenvalue weighted by Gasteiger charge is 2.26. The molecule has 25 heavy (non-hydrogen) atoms. The van der Waals surface area contributed by atoms with Gasteiger partial charge in [-0.3, -0.25) is 0 Å². The van der Waals surface area contributed by atoms with Crippen LogP contribution in [-0.2, 0) is 11.3 Å². The van der Waals surface area contributed by atoms with Crippen LogP contribution < -0.4 is 4.90 Å². The molecule has 1 amide bonds. The number of nitrogens with zero attached hydrogens (tertiary/aromatic N) is 5. The second kappa shape index (κ2) is 8.14. The number of halogens is 1. The molecule has 0 unspecified atom stereocenters. The summed E-state index contributed by atoms with van der Waals surface area (Å²) in [5.74, 6) is 0. The smallest absolute Gasteiger partial charge is 0.410 e. The van der Waals surface area contributed by atoms with Crippen molar-refractivity contribution in [3.8, 4) is 0 Å². The Balaban J connectivity index is 2.06. The largest absolute Gasteiger partial charge is 0.444 e. The van der Waals surface area contributed by atoms with Gasteiger partial charge in [0, 0.05) is 40.3 Å². The molecule has 1 fully saturated rings. The molecule has 0 spiro atoms. The lowest BCUT2D eigenvalue weighted by Crippen LogP contribution is -2.50. The summed E-state index contributed by atoms with van der Waals surface area (Å²) in [7, 11) is 0. The topological polar surface area (TPSA) is 81.5 Å². The summed E-state index contributed by atoms with van der Waals surface area (Å²) < 4.78 is 6.58. The van der Waals surface area contributed by atoms with Crippen molar-refractivity contribution >= 4 is 34.4 Å². The lowest BCUT2D eigenvalue weighted by atomic mass is 10.1. The number of carbonyl (C=O) groups excluding carboxylic acids is 1. The van der Waals surface area contributed by atoms with Crippen molar-refractivity contribution in [3.05, 3.63) is 37.3 Å². The number of amides is 1. The predicted molar refractivity (Wildman–Crippen MR) is 107 cm³/mol. The van der Waals surface area contributed by atoms with E-state index in [-0.39, 0.29) is 6.09 Å². The molecule has 1 aliphatic heterocycles. The van der Waals surface area contributed by atoms with E-state index < -0.39 is 5.60 Å². The molecule has 1 heterocycles. The van der Waals surface area contributed by atoms with E-state index in [4.69, 9.17) is 10.3 Å². The molecule has 136 valence electrons. The third kappa shape index (κ3) is 5.40. The van der Waals surface area contributed by atoms with Crippen LogP contribution in [0, 0.1) is 10.5 Å². The molecule has 7 nitrogen and oxygen atoms in total. The highest BCUT2D eigenvalue weighted by atomic mass is 127. The summed E-state index contributed by atoms with van der Waals surface area (Å²) in [4.78, 5) is 19.0. The average Bonchev–Trinajstić information content (AvgIpc) is 2.54. The lowest BCUT2D eigenvalue weighted by Gasteiger charge is -2.37. The molecular weight excluding hydrogens is 433 g/mol. The molecule has 1 aromatic carbocycles. The molecule has 0 saturated carbocycles. The van der Waals surface area contributed by atoms with Crippen molar-refractivity contribution in [2.24, 2.45) is 5.11 Å². The quantitative estimate of drug-likeness (QED) is 0.291. The molecule has 0 atom stereocenters. The minimum absolute atomic E-state index is 0.255. The second-order valence-corrected chi connectivity index (χ2v) is 8.22. The zero-order chi connectivity index (χ0) is 18.6. The van der Waals surface area contributed by atoms with Crippen molar-refractivity contribution in [3.63, 3.8) is 0 Å². The summed E-state index contributed by atoms with van der Waals surface area (Å²) >= 11 is 2.31. The number of rotatable bonds is 3. The Bertz CT molecular complexity index is 687. The number of hydrogen-bond donors (Lipinski definition) is 0. The number of azide groups is 1. The number of anilines is 1. The SMILES string of the molecule is Cc1c(I)cc(N2CCN(C(=O)OC(C)(C)C)CC2)cc1CN=[N+]=[N-]. The minimum Gasteiger partial charge on any atom is -0.444 e. The molecule has 1 saturated heterocycles. The van der Waals surface area contributed by atoms with Crippen LogP contribution in [0.2, 0.25) is 0 Å². The minimum atomic E-state index is -0.475. The first kappa shape index (κ1) is 19.7. The van der Waals surface area contributed by atoms with E-state index in [9.17, 15) is 4.79 Å². The van der Waals surface area contributed by atoms with Gasteiger partial charge in [-0.05, 0) is 79.1 Å². The standard InChI is InChI=1S/C17H24IN5O2/c1-12-13(11-20-21-19)9-14(10-15(12)18)22-5-7-23(8-6-22)16(24)25-17(2,3)4/h9-10H,5-8,11H2,1-4H3. The van der Waals surface area contributed by atoms with Gasteiger partial charge in [-0.25, -0.2) is 4.79 Å². The van der Waals surface area contributed by atoms with Gasteiger partial charge in [-0.1, -0.05) is 5.11 Å². The maximum atomic E-state index is 12.2. The van der Waals surface area contributed by atoms with Crippen LogP contribution in [-0.4, -0.2) is 42.8 Å². The maximum Gasteiger partial charge on any atom is 0.410 e. The fraction of sp³-hybridized carbons (Fsp3) is 0.588. The van der Waals surface area contributed by atoms with E-state index in [1.54, 1.807) is 4.90 Å². The predicted octanol–water partition coefficient (Wildman–Crippen LogP) is 4.47. The summed E-state index contributed by atoms with van der Waals surface area (Å²) in [6.45, 7) is 10.8. The summed E-state index contributed by atoms with van der Waals surface area (Å²) in [5.41, 5.74) is 11.4. The Kier molecular flexibility index (Phi) is 6.40. The Labute approximate surface area is 162 Å². The van der Waals surface area contributed by atoms with E-state index >= 15 is 0 Å². The lowest BCUT2D eigenvalue weighted by molar-refractivity contribution is 0.0240. The molecule has 0 aliphatic carbocycles. The fourth-order valence-corrected chi connectivity index (χ4v) is 3.31.